The zero-order valence-electron chi connectivity index (χ0n) is 12.1. The van der Waals surface area contributed by atoms with Gasteiger partial charge >= 0.3 is 5.97 Å². The highest BCUT2D eigenvalue weighted by atomic mass is 32.2. The van der Waals surface area contributed by atoms with E-state index in [0.717, 1.165) is 4.90 Å². The molecular weight excluding hydrogens is 304 g/mol. The van der Waals surface area contributed by atoms with E-state index in [1.54, 1.807) is 11.8 Å². The van der Waals surface area contributed by atoms with Crippen molar-refractivity contribution in [1.29, 1.82) is 0 Å². The summed E-state index contributed by atoms with van der Waals surface area (Å²) in [4.78, 5) is 24.1. The molecule has 0 unspecified atom stereocenters. The molecule has 0 saturated carbocycles. The maximum atomic E-state index is 11.5. The van der Waals surface area contributed by atoms with Crippen LogP contribution in [0, 0.1) is 6.92 Å². The Balaban J connectivity index is 1.61. The highest BCUT2D eigenvalue weighted by molar-refractivity contribution is 7.99. The molecule has 0 aliphatic rings. The predicted octanol–water partition coefficient (Wildman–Crippen LogP) is 2.65. The SMILES string of the molecule is Cc1ccc(SCCC(=O)OCC(=O)Nc2ccon2)cc1. The molecule has 116 valence electrons. The third-order valence-corrected chi connectivity index (χ3v) is 3.68. The molecule has 1 amide bonds. The van der Waals surface area contributed by atoms with Gasteiger partial charge in [0.2, 0.25) is 0 Å². The second kappa shape index (κ2) is 8.23. The normalized spacial score (nSPS) is 10.2. The topological polar surface area (TPSA) is 81.4 Å². The van der Waals surface area contributed by atoms with Crippen molar-refractivity contribution in [2.24, 2.45) is 0 Å². The maximum absolute atomic E-state index is 11.5. The molecule has 0 spiro atoms. The summed E-state index contributed by atoms with van der Waals surface area (Å²) in [5.74, 6) is 0.0339. The number of anilines is 1. The van der Waals surface area contributed by atoms with E-state index in [4.69, 9.17) is 4.74 Å². The maximum Gasteiger partial charge on any atom is 0.307 e. The fraction of sp³-hybridized carbons (Fsp3) is 0.267. The van der Waals surface area contributed by atoms with E-state index in [-0.39, 0.29) is 18.8 Å². The molecule has 0 fully saturated rings. The Morgan fingerprint density at radius 3 is 2.73 bits per heavy atom. The third-order valence-electron chi connectivity index (χ3n) is 2.67. The summed E-state index contributed by atoms with van der Waals surface area (Å²) in [5, 5.41) is 5.96. The molecule has 0 bridgehead atoms. The van der Waals surface area contributed by atoms with Crippen LogP contribution in [0.4, 0.5) is 5.82 Å². The van der Waals surface area contributed by atoms with E-state index in [1.165, 1.54) is 17.9 Å². The fourth-order valence-electron chi connectivity index (χ4n) is 1.56. The molecule has 2 aromatic rings. The molecular formula is C15H16N2O4S. The number of hydrogen-bond acceptors (Lipinski definition) is 6. The molecule has 7 heteroatoms. The highest BCUT2D eigenvalue weighted by Gasteiger charge is 2.09. The van der Waals surface area contributed by atoms with Crippen molar-refractivity contribution in [1.82, 2.24) is 5.16 Å². The third kappa shape index (κ3) is 5.61. The first-order valence-electron chi connectivity index (χ1n) is 6.69. The van der Waals surface area contributed by atoms with Crippen LogP contribution in [0.2, 0.25) is 0 Å². The van der Waals surface area contributed by atoms with Crippen LogP contribution in [0.3, 0.4) is 0 Å². The molecule has 22 heavy (non-hydrogen) atoms. The summed E-state index contributed by atoms with van der Waals surface area (Å²) in [6.45, 7) is 1.69. The molecule has 0 aliphatic heterocycles. The second-order valence-electron chi connectivity index (χ2n) is 4.51. The quantitative estimate of drug-likeness (QED) is 0.624. The zero-order chi connectivity index (χ0) is 15.8. The van der Waals surface area contributed by atoms with Crippen molar-refractivity contribution < 1.29 is 18.8 Å². The van der Waals surface area contributed by atoms with Gasteiger partial charge in [0.05, 0.1) is 6.42 Å². The molecule has 0 saturated heterocycles. The Morgan fingerprint density at radius 2 is 2.05 bits per heavy atom. The summed E-state index contributed by atoms with van der Waals surface area (Å²) in [5.41, 5.74) is 1.20. The molecule has 1 aromatic carbocycles. The lowest BCUT2D eigenvalue weighted by Crippen LogP contribution is -2.21. The van der Waals surface area contributed by atoms with Crippen molar-refractivity contribution in [3.63, 3.8) is 0 Å². The minimum absolute atomic E-state index is 0.246. The van der Waals surface area contributed by atoms with Gasteiger partial charge in [-0.05, 0) is 19.1 Å². The molecule has 0 aliphatic carbocycles. The van der Waals surface area contributed by atoms with Gasteiger partial charge in [0, 0.05) is 16.7 Å². The van der Waals surface area contributed by atoms with E-state index in [0.29, 0.717) is 5.75 Å². The molecule has 2 rings (SSSR count). The molecule has 0 atom stereocenters. The van der Waals surface area contributed by atoms with Crippen molar-refractivity contribution in [3.05, 3.63) is 42.2 Å². The smallest absolute Gasteiger partial charge is 0.307 e. The van der Waals surface area contributed by atoms with Crippen LogP contribution in [-0.2, 0) is 14.3 Å². The van der Waals surface area contributed by atoms with E-state index in [2.05, 4.69) is 15.0 Å². The Kier molecular flexibility index (Phi) is 6.02. The number of thioether (sulfide) groups is 1. The number of carbonyl (C=O) groups excluding carboxylic acids is 2. The van der Waals surface area contributed by atoms with Crippen LogP contribution in [0.5, 0.6) is 0 Å². The molecule has 0 radical (unpaired) electrons. The number of hydrogen-bond donors (Lipinski definition) is 1. The fourth-order valence-corrected chi connectivity index (χ4v) is 2.39. The largest absolute Gasteiger partial charge is 0.456 e. The Morgan fingerprint density at radius 1 is 1.27 bits per heavy atom. The molecule has 1 heterocycles. The zero-order valence-corrected chi connectivity index (χ0v) is 12.9. The van der Waals surface area contributed by atoms with Gasteiger partial charge in [-0.1, -0.05) is 22.9 Å². The first-order valence-corrected chi connectivity index (χ1v) is 7.67. The lowest BCUT2D eigenvalue weighted by molar-refractivity contribution is -0.146. The Bertz CT molecular complexity index is 611. The summed E-state index contributed by atoms with van der Waals surface area (Å²) >= 11 is 1.57. The number of carbonyl (C=O) groups is 2. The van der Waals surface area contributed by atoms with Gasteiger partial charge < -0.3 is 14.6 Å². The number of rotatable bonds is 7. The number of amides is 1. The number of nitrogens with zero attached hydrogens (tertiary/aromatic N) is 1. The number of benzene rings is 1. The summed E-state index contributed by atoms with van der Waals surface area (Å²) in [6, 6.07) is 9.56. The first kappa shape index (κ1) is 16.1. The number of aryl methyl sites for hydroxylation is 1. The van der Waals surface area contributed by atoms with Crippen LogP contribution >= 0.6 is 11.8 Å². The Labute approximate surface area is 132 Å². The molecule has 1 aromatic heterocycles. The van der Waals surface area contributed by atoms with Crippen LogP contribution in [0.15, 0.2) is 46.0 Å². The van der Waals surface area contributed by atoms with Gasteiger partial charge in [0.25, 0.3) is 5.91 Å². The number of ether oxygens (including phenoxy) is 1. The van der Waals surface area contributed by atoms with Crippen LogP contribution in [-0.4, -0.2) is 29.4 Å². The van der Waals surface area contributed by atoms with Crippen LogP contribution in [0.25, 0.3) is 0 Å². The van der Waals surface area contributed by atoms with Gasteiger partial charge in [-0.25, -0.2) is 0 Å². The van der Waals surface area contributed by atoms with Crippen molar-refractivity contribution in [2.45, 2.75) is 18.2 Å². The number of aromatic nitrogens is 1. The van der Waals surface area contributed by atoms with Crippen LogP contribution in [0.1, 0.15) is 12.0 Å². The predicted molar refractivity (Wildman–Crippen MR) is 82.6 cm³/mol. The lowest BCUT2D eigenvalue weighted by atomic mass is 10.2. The van der Waals surface area contributed by atoms with Crippen LogP contribution < -0.4 is 5.32 Å². The van der Waals surface area contributed by atoms with E-state index >= 15 is 0 Å². The van der Waals surface area contributed by atoms with E-state index in [1.807, 2.05) is 31.2 Å². The first-order chi connectivity index (χ1) is 10.6. The minimum atomic E-state index is -0.451. The van der Waals surface area contributed by atoms with Crippen molar-refractivity contribution in [2.75, 3.05) is 17.7 Å². The second-order valence-corrected chi connectivity index (χ2v) is 5.67. The van der Waals surface area contributed by atoms with Gasteiger partial charge in [-0.15, -0.1) is 11.8 Å². The van der Waals surface area contributed by atoms with Crippen molar-refractivity contribution >= 4 is 29.5 Å². The van der Waals surface area contributed by atoms with E-state index < -0.39 is 11.9 Å². The van der Waals surface area contributed by atoms with Crippen molar-refractivity contribution in [3.8, 4) is 0 Å². The highest BCUT2D eigenvalue weighted by Crippen LogP contribution is 2.19. The van der Waals surface area contributed by atoms with E-state index in [9.17, 15) is 9.59 Å². The number of esters is 1. The van der Waals surface area contributed by atoms with Gasteiger partial charge in [0.1, 0.15) is 6.26 Å². The lowest BCUT2D eigenvalue weighted by Gasteiger charge is -2.05. The Hall–Kier alpha value is -2.28. The van der Waals surface area contributed by atoms with Gasteiger partial charge in [-0.2, -0.15) is 0 Å². The minimum Gasteiger partial charge on any atom is -0.456 e. The van der Waals surface area contributed by atoms with Gasteiger partial charge in [0.15, 0.2) is 12.4 Å². The summed E-state index contributed by atoms with van der Waals surface area (Å²) in [7, 11) is 0. The molecule has 1 N–H and O–H groups in total. The summed E-state index contributed by atoms with van der Waals surface area (Å²) < 4.78 is 9.46. The average molecular weight is 320 g/mol. The molecule has 6 nitrogen and oxygen atoms in total. The monoisotopic (exact) mass is 320 g/mol. The average Bonchev–Trinajstić information content (AvgIpc) is 3.00. The summed E-state index contributed by atoms with van der Waals surface area (Å²) in [6.07, 6.45) is 1.58. The number of nitrogens with one attached hydrogen (secondary N) is 1. The standard InChI is InChI=1S/C15H16N2O4S/c1-11-2-4-12(5-3-11)22-9-7-15(19)20-10-14(18)16-13-6-8-21-17-13/h2-6,8H,7,9-10H2,1H3,(H,16,17,18). The van der Waals surface area contributed by atoms with Gasteiger partial charge in [-0.3, -0.25) is 9.59 Å².